The lowest BCUT2D eigenvalue weighted by Gasteiger charge is -2.09. The predicted octanol–water partition coefficient (Wildman–Crippen LogP) is 3.04. The SMILES string of the molecule is CCOc1c(Br)cc(/C=N\NC(=S)NC)cc1Br. The minimum absolute atomic E-state index is 0.468. The quantitative estimate of drug-likeness (QED) is 0.468. The molecule has 0 radical (unpaired) electrons. The molecule has 98 valence electrons. The highest BCUT2D eigenvalue weighted by atomic mass is 79.9. The average Bonchev–Trinajstić information content (AvgIpc) is 2.33. The van der Waals surface area contributed by atoms with Crippen molar-refractivity contribution in [2.75, 3.05) is 13.7 Å². The first kappa shape index (κ1) is 15.4. The summed E-state index contributed by atoms with van der Waals surface area (Å²) < 4.78 is 7.24. The predicted molar refractivity (Wildman–Crippen MR) is 85.4 cm³/mol. The van der Waals surface area contributed by atoms with Gasteiger partial charge in [-0.3, -0.25) is 5.43 Å². The van der Waals surface area contributed by atoms with E-state index in [9.17, 15) is 0 Å². The zero-order valence-corrected chi connectivity index (χ0v) is 13.9. The maximum absolute atomic E-state index is 5.50. The maximum Gasteiger partial charge on any atom is 0.186 e. The number of hydrogen-bond donors (Lipinski definition) is 2. The molecule has 4 nitrogen and oxygen atoms in total. The van der Waals surface area contributed by atoms with Gasteiger partial charge in [-0.15, -0.1) is 0 Å². The zero-order chi connectivity index (χ0) is 13.5. The van der Waals surface area contributed by atoms with Crippen molar-refractivity contribution in [2.45, 2.75) is 6.92 Å². The van der Waals surface area contributed by atoms with Crippen LogP contribution in [0.25, 0.3) is 0 Å². The third-order valence-electron chi connectivity index (χ3n) is 1.92. The Morgan fingerprint density at radius 1 is 1.44 bits per heavy atom. The number of nitrogens with zero attached hydrogens (tertiary/aromatic N) is 1. The molecule has 0 heterocycles. The minimum Gasteiger partial charge on any atom is -0.492 e. The molecule has 1 aromatic carbocycles. The highest BCUT2D eigenvalue weighted by Crippen LogP contribution is 2.34. The molecule has 7 heteroatoms. The van der Waals surface area contributed by atoms with Crippen LogP contribution in [-0.4, -0.2) is 25.0 Å². The Balaban J connectivity index is 2.83. The summed E-state index contributed by atoms with van der Waals surface area (Å²) in [6.45, 7) is 2.56. The van der Waals surface area contributed by atoms with E-state index in [0.717, 1.165) is 20.3 Å². The Morgan fingerprint density at radius 2 is 2.06 bits per heavy atom. The number of rotatable bonds is 4. The molecule has 0 aliphatic rings. The van der Waals surface area contributed by atoms with E-state index >= 15 is 0 Å². The highest BCUT2D eigenvalue weighted by molar-refractivity contribution is 9.11. The largest absolute Gasteiger partial charge is 0.492 e. The van der Waals surface area contributed by atoms with Crippen molar-refractivity contribution >= 4 is 55.4 Å². The van der Waals surface area contributed by atoms with Crippen LogP contribution in [0.1, 0.15) is 12.5 Å². The van der Waals surface area contributed by atoms with E-state index in [1.54, 1.807) is 13.3 Å². The van der Waals surface area contributed by atoms with Gasteiger partial charge in [-0.2, -0.15) is 5.10 Å². The second-order valence-corrected chi connectivity index (χ2v) is 5.31. The fourth-order valence-corrected chi connectivity index (χ4v) is 2.66. The van der Waals surface area contributed by atoms with Crippen LogP contribution in [0.15, 0.2) is 26.2 Å². The average molecular weight is 395 g/mol. The molecule has 0 aliphatic carbocycles. The molecule has 0 unspecified atom stereocenters. The van der Waals surface area contributed by atoms with Crippen LogP contribution in [-0.2, 0) is 0 Å². The molecule has 0 spiro atoms. The molecular formula is C11H13Br2N3OS. The third-order valence-corrected chi connectivity index (χ3v) is 3.39. The zero-order valence-electron chi connectivity index (χ0n) is 9.96. The van der Waals surface area contributed by atoms with Crippen molar-refractivity contribution in [3.63, 3.8) is 0 Å². The van der Waals surface area contributed by atoms with Crippen molar-refractivity contribution in [1.29, 1.82) is 0 Å². The van der Waals surface area contributed by atoms with Crippen LogP contribution >= 0.6 is 44.1 Å². The van der Waals surface area contributed by atoms with E-state index in [4.69, 9.17) is 17.0 Å². The van der Waals surface area contributed by atoms with Crippen LogP contribution in [0.4, 0.5) is 0 Å². The molecule has 2 N–H and O–H groups in total. The van der Waals surface area contributed by atoms with Gasteiger partial charge in [0.05, 0.1) is 21.8 Å². The fraction of sp³-hybridized carbons (Fsp3) is 0.273. The smallest absolute Gasteiger partial charge is 0.186 e. The molecule has 1 rings (SSSR count). The van der Waals surface area contributed by atoms with Crippen molar-refractivity contribution in [3.05, 3.63) is 26.6 Å². The van der Waals surface area contributed by atoms with Crippen molar-refractivity contribution in [1.82, 2.24) is 10.7 Å². The van der Waals surface area contributed by atoms with Gasteiger partial charge in [0.15, 0.2) is 5.11 Å². The molecule has 0 bridgehead atoms. The molecule has 18 heavy (non-hydrogen) atoms. The number of thiocarbonyl (C=S) groups is 1. The first-order valence-electron chi connectivity index (χ1n) is 5.21. The lowest BCUT2D eigenvalue weighted by molar-refractivity contribution is 0.336. The standard InChI is InChI=1S/C11H13Br2N3OS/c1-3-17-10-8(12)4-7(5-9(10)13)6-15-16-11(18)14-2/h4-6H,3H2,1-2H3,(H2,14,16,18)/b15-6-. The van der Waals surface area contributed by atoms with E-state index < -0.39 is 0 Å². The van der Waals surface area contributed by atoms with Gasteiger partial charge < -0.3 is 10.1 Å². The summed E-state index contributed by atoms with van der Waals surface area (Å²) in [5.41, 5.74) is 3.61. The Hall–Kier alpha value is -0.660. The number of benzene rings is 1. The Kier molecular flexibility index (Phi) is 6.59. The summed E-state index contributed by atoms with van der Waals surface area (Å²) in [6.07, 6.45) is 1.68. The van der Waals surface area contributed by atoms with E-state index in [0.29, 0.717) is 11.7 Å². The molecule has 0 fully saturated rings. The van der Waals surface area contributed by atoms with E-state index in [-0.39, 0.29) is 0 Å². The normalized spacial score (nSPS) is 10.4. The summed E-state index contributed by atoms with van der Waals surface area (Å²) in [5.74, 6) is 0.786. The third kappa shape index (κ3) is 4.55. The minimum atomic E-state index is 0.468. The van der Waals surface area contributed by atoms with Gasteiger partial charge in [-0.25, -0.2) is 0 Å². The summed E-state index contributed by atoms with van der Waals surface area (Å²) in [6, 6.07) is 3.84. The Morgan fingerprint density at radius 3 is 2.56 bits per heavy atom. The lowest BCUT2D eigenvalue weighted by Crippen LogP contribution is -2.28. The van der Waals surface area contributed by atoms with E-state index in [2.05, 4.69) is 47.7 Å². The molecule has 0 atom stereocenters. The van der Waals surface area contributed by atoms with Crippen LogP contribution in [0.2, 0.25) is 0 Å². The fourth-order valence-electron chi connectivity index (χ4n) is 1.16. The highest BCUT2D eigenvalue weighted by Gasteiger charge is 2.07. The van der Waals surface area contributed by atoms with Crippen LogP contribution < -0.4 is 15.5 Å². The number of ether oxygens (including phenoxy) is 1. The molecule has 0 saturated carbocycles. The first-order valence-corrected chi connectivity index (χ1v) is 7.20. The van der Waals surface area contributed by atoms with Crippen LogP contribution in [0.5, 0.6) is 5.75 Å². The van der Waals surface area contributed by atoms with Gasteiger partial charge in [-0.05, 0) is 68.7 Å². The molecule has 0 aromatic heterocycles. The molecule has 0 aliphatic heterocycles. The van der Waals surface area contributed by atoms with Crippen molar-refractivity contribution in [3.8, 4) is 5.75 Å². The van der Waals surface area contributed by atoms with Crippen molar-refractivity contribution in [2.24, 2.45) is 5.10 Å². The topological polar surface area (TPSA) is 45.6 Å². The van der Waals surface area contributed by atoms with Crippen LogP contribution in [0.3, 0.4) is 0 Å². The molecular weight excluding hydrogens is 382 g/mol. The second kappa shape index (κ2) is 7.70. The summed E-state index contributed by atoms with van der Waals surface area (Å²) in [5, 5.41) is 7.24. The van der Waals surface area contributed by atoms with Gasteiger partial charge in [0, 0.05) is 7.05 Å². The van der Waals surface area contributed by atoms with E-state index in [1.165, 1.54) is 0 Å². The summed E-state index contributed by atoms with van der Waals surface area (Å²) >= 11 is 11.8. The summed E-state index contributed by atoms with van der Waals surface area (Å²) in [7, 11) is 1.73. The molecule has 0 saturated heterocycles. The Labute approximate surface area is 128 Å². The Bertz CT molecular complexity index is 443. The number of hydrogen-bond acceptors (Lipinski definition) is 3. The number of hydrazone groups is 1. The van der Waals surface area contributed by atoms with Crippen molar-refractivity contribution < 1.29 is 4.74 Å². The van der Waals surface area contributed by atoms with Gasteiger partial charge in [-0.1, -0.05) is 0 Å². The maximum atomic E-state index is 5.50. The number of halogens is 2. The van der Waals surface area contributed by atoms with Gasteiger partial charge in [0.2, 0.25) is 0 Å². The first-order chi connectivity index (χ1) is 8.58. The van der Waals surface area contributed by atoms with Gasteiger partial charge in [0.25, 0.3) is 0 Å². The molecule has 0 amide bonds. The van der Waals surface area contributed by atoms with Crippen LogP contribution in [0, 0.1) is 0 Å². The second-order valence-electron chi connectivity index (χ2n) is 3.20. The summed E-state index contributed by atoms with van der Waals surface area (Å²) in [4.78, 5) is 0. The number of nitrogens with one attached hydrogen (secondary N) is 2. The molecule has 1 aromatic rings. The van der Waals surface area contributed by atoms with Gasteiger partial charge >= 0.3 is 0 Å². The van der Waals surface area contributed by atoms with Gasteiger partial charge in [0.1, 0.15) is 5.75 Å². The monoisotopic (exact) mass is 393 g/mol. The van der Waals surface area contributed by atoms with E-state index in [1.807, 2.05) is 19.1 Å². The lowest BCUT2D eigenvalue weighted by atomic mass is 10.2.